The first-order chi connectivity index (χ1) is 14.1. The summed E-state index contributed by atoms with van der Waals surface area (Å²) in [6.07, 6.45) is -4.68. The number of pyridine rings is 1. The molecule has 4 heterocycles. The van der Waals surface area contributed by atoms with Crippen LogP contribution in [0.1, 0.15) is 22.5 Å². The Kier molecular flexibility index (Phi) is 5.35. The van der Waals surface area contributed by atoms with Crippen LogP contribution in [0.5, 0.6) is 0 Å². The highest BCUT2D eigenvalue weighted by Crippen LogP contribution is 2.36. The van der Waals surface area contributed by atoms with E-state index in [1.165, 1.54) is 16.0 Å². The van der Waals surface area contributed by atoms with E-state index < -0.39 is 41.5 Å². The summed E-state index contributed by atoms with van der Waals surface area (Å²) in [5.41, 5.74) is -1.87. The normalized spacial score (nSPS) is 22.7. The van der Waals surface area contributed by atoms with Crippen molar-refractivity contribution in [3.05, 3.63) is 33.1 Å². The van der Waals surface area contributed by atoms with Gasteiger partial charge in [-0.3, -0.25) is 14.1 Å². The number of carbonyl (C=O) groups excluding carboxylic acids is 2. The highest BCUT2D eigenvalue weighted by atomic mass is 79.9. The molecule has 0 aliphatic carbocycles. The van der Waals surface area contributed by atoms with Gasteiger partial charge in [-0.15, -0.1) is 0 Å². The largest absolute Gasteiger partial charge is 0.448 e. The summed E-state index contributed by atoms with van der Waals surface area (Å²) in [5, 5.41) is 10.2. The molecule has 30 heavy (non-hydrogen) atoms. The van der Waals surface area contributed by atoms with Gasteiger partial charge in [0.25, 0.3) is 5.91 Å². The minimum atomic E-state index is -4.70. The third kappa shape index (κ3) is 3.60. The monoisotopic (exact) mass is 510 g/mol. The fraction of sp³-hybridized carbons (Fsp3) is 0.471. The van der Waals surface area contributed by atoms with E-state index in [-0.39, 0.29) is 41.4 Å². The summed E-state index contributed by atoms with van der Waals surface area (Å²) < 4.78 is 46.1. The second kappa shape index (κ2) is 7.57. The van der Waals surface area contributed by atoms with Crippen LogP contribution in [-0.4, -0.2) is 74.7 Å². The van der Waals surface area contributed by atoms with Crippen molar-refractivity contribution < 1.29 is 32.6 Å². The zero-order valence-corrected chi connectivity index (χ0v) is 17.5. The molecule has 162 valence electrons. The van der Waals surface area contributed by atoms with E-state index in [1.807, 2.05) is 0 Å². The number of halogens is 5. The lowest BCUT2D eigenvalue weighted by molar-refractivity contribution is -0.136. The van der Waals surface area contributed by atoms with E-state index in [4.69, 9.17) is 16.3 Å². The highest BCUT2D eigenvalue weighted by Gasteiger charge is 2.40. The van der Waals surface area contributed by atoms with E-state index in [1.54, 1.807) is 0 Å². The van der Waals surface area contributed by atoms with Crippen molar-refractivity contribution in [1.29, 1.82) is 0 Å². The number of aliphatic hydroxyl groups is 1. The van der Waals surface area contributed by atoms with Crippen LogP contribution in [0.25, 0.3) is 5.65 Å². The Labute approximate surface area is 181 Å². The van der Waals surface area contributed by atoms with Crippen LogP contribution in [0.2, 0.25) is 5.15 Å². The summed E-state index contributed by atoms with van der Waals surface area (Å²) >= 11 is 9.19. The number of ether oxygens (including phenoxy) is 1. The Bertz CT molecular complexity index is 1030. The summed E-state index contributed by atoms with van der Waals surface area (Å²) in [4.78, 5) is 31.2. The number of cyclic esters (lactones) is 1. The first kappa shape index (κ1) is 21.2. The number of likely N-dealkylation sites (tertiary alicyclic amines) is 1. The molecule has 2 amide bonds. The Hall–Kier alpha value is -2.05. The highest BCUT2D eigenvalue weighted by molar-refractivity contribution is 9.10. The molecule has 2 saturated heterocycles. The number of alkyl halides is 3. The number of rotatable bonds is 2. The lowest BCUT2D eigenvalue weighted by atomic mass is 10.00. The Morgan fingerprint density at radius 2 is 2.10 bits per heavy atom. The molecule has 2 aromatic heterocycles. The zero-order chi connectivity index (χ0) is 21.8. The predicted octanol–water partition coefficient (Wildman–Crippen LogP) is 2.80. The minimum Gasteiger partial charge on any atom is -0.448 e. The van der Waals surface area contributed by atoms with Gasteiger partial charge < -0.3 is 14.7 Å². The Balaban J connectivity index is 1.61. The van der Waals surface area contributed by atoms with Crippen LogP contribution < -0.4 is 0 Å². The molecule has 0 bridgehead atoms. The average Bonchev–Trinajstić information content (AvgIpc) is 3.23. The molecular formula is C17H15BrClF3N4O4. The number of hydrogen-bond acceptors (Lipinski definition) is 5. The molecule has 1 N–H and O–H groups in total. The van der Waals surface area contributed by atoms with Crippen molar-refractivity contribution in [2.24, 2.45) is 0 Å². The molecule has 0 saturated carbocycles. The smallest absolute Gasteiger partial charge is 0.420 e. The summed E-state index contributed by atoms with van der Waals surface area (Å²) in [7, 11) is 0. The molecule has 13 heteroatoms. The number of carbonyl (C=O) groups is 2. The lowest BCUT2D eigenvalue weighted by Crippen LogP contribution is -2.55. The van der Waals surface area contributed by atoms with Crippen LogP contribution in [-0.2, 0) is 10.9 Å². The van der Waals surface area contributed by atoms with Gasteiger partial charge in [0.1, 0.15) is 11.8 Å². The Morgan fingerprint density at radius 3 is 2.70 bits per heavy atom. The molecule has 1 unspecified atom stereocenters. The topological polar surface area (TPSA) is 87.4 Å². The molecule has 4 rings (SSSR count). The molecule has 0 aromatic carbocycles. The second-order valence-electron chi connectivity index (χ2n) is 7.00. The molecule has 0 spiro atoms. The lowest BCUT2D eigenvalue weighted by Gasteiger charge is -2.38. The van der Waals surface area contributed by atoms with Gasteiger partial charge in [-0.05, 0) is 28.4 Å². The van der Waals surface area contributed by atoms with E-state index in [0.717, 1.165) is 10.5 Å². The average molecular weight is 512 g/mol. The third-order valence-electron chi connectivity index (χ3n) is 5.16. The molecule has 8 nitrogen and oxygen atoms in total. The molecular weight excluding hydrogens is 497 g/mol. The van der Waals surface area contributed by atoms with Gasteiger partial charge in [0.05, 0.1) is 24.3 Å². The van der Waals surface area contributed by atoms with Crippen LogP contribution in [0.4, 0.5) is 18.0 Å². The summed E-state index contributed by atoms with van der Waals surface area (Å²) in [6, 6.07) is 0.352. The molecule has 0 radical (unpaired) electrons. The number of nitrogens with zero attached hydrogens (tertiary/aromatic N) is 4. The fourth-order valence-corrected chi connectivity index (χ4v) is 4.44. The van der Waals surface area contributed by atoms with Crippen molar-refractivity contribution in [2.45, 2.75) is 24.7 Å². The fourth-order valence-electron chi connectivity index (χ4n) is 3.75. The number of imidazole rings is 1. The van der Waals surface area contributed by atoms with Crippen molar-refractivity contribution >= 4 is 45.2 Å². The minimum absolute atomic E-state index is 0.118. The van der Waals surface area contributed by atoms with Gasteiger partial charge in [-0.1, -0.05) is 11.6 Å². The summed E-state index contributed by atoms with van der Waals surface area (Å²) in [6.45, 7) is 0.637. The maximum atomic E-state index is 13.4. The quantitative estimate of drug-likeness (QED) is 0.670. The van der Waals surface area contributed by atoms with E-state index >= 15 is 0 Å². The van der Waals surface area contributed by atoms with Gasteiger partial charge >= 0.3 is 12.3 Å². The van der Waals surface area contributed by atoms with Crippen molar-refractivity contribution in [1.82, 2.24) is 19.2 Å². The number of amides is 2. The predicted molar refractivity (Wildman–Crippen MR) is 101 cm³/mol. The van der Waals surface area contributed by atoms with Crippen LogP contribution in [0.3, 0.4) is 0 Å². The molecule has 2 aliphatic heterocycles. The summed E-state index contributed by atoms with van der Waals surface area (Å²) in [5.74, 6) is -0.700. The number of fused-ring (bicyclic) bond motifs is 1. The number of β-amino-alcohol motifs (C(OH)–C–C–N with tert-alkyl or cyclic N) is 1. The van der Waals surface area contributed by atoms with E-state index in [0.29, 0.717) is 6.54 Å². The number of aromatic nitrogens is 2. The Morgan fingerprint density at radius 1 is 1.37 bits per heavy atom. The van der Waals surface area contributed by atoms with Gasteiger partial charge in [-0.25, -0.2) is 9.78 Å². The SMILES string of the molecule is O=C(c1nc2c(C(F)(F)F)cc(Br)cn2c1Cl)N1CCC(N2CCOC2=O)[C@@H](O)C1. The van der Waals surface area contributed by atoms with E-state index in [2.05, 4.69) is 20.9 Å². The van der Waals surface area contributed by atoms with Crippen LogP contribution in [0.15, 0.2) is 16.7 Å². The number of piperidine rings is 1. The van der Waals surface area contributed by atoms with Gasteiger partial charge in [0.15, 0.2) is 11.3 Å². The van der Waals surface area contributed by atoms with Crippen LogP contribution in [0, 0.1) is 0 Å². The molecule has 2 fully saturated rings. The third-order valence-corrected chi connectivity index (χ3v) is 5.96. The maximum Gasteiger partial charge on any atom is 0.420 e. The number of aliphatic hydroxyl groups excluding tert-OH is 1. The van der Waals surface area contributed by atoms with Gasteiger partial charge in [0.2, 0.25) is 0 Å². The second-order valence-corrected chi connectivity index (χ2v) is 8.27. The van der Waals surface area contributed by atoms with Crippen LogP contribution >= 0.6 is 27.5 Å². The van der Waals surface area contributed by atoms with Gasteiger partial charge in [0, 0.05) is 23.8 Å². The van der Waals surface area contributed by atoms with E-state index in [9.17, 15) is 27.9 Å². The van der Waals surface area contributed by atoms with Crippen molar-refractivity contribution in [2.75, 3.05) is 26.2 Å². The number of hydrogen-bond donors (Lipinski definition) is 1. The standard InChI is InChI=1S/C17H15BrClF3N4O4/c18-8-5-9(17(20,21)22)14-23-12(13(19)26(14)6-8)15(28)24-2-1-10(11(27)7-24)25-3-4-30-16(25)29/h5-6,10-11,27H,1-4,7H2/t10?,11-/m0/s1. The van der Waals surface area contributed by atoms with Crippen molar-refractivity contribution in [3.63, 3.8) is 0 Å². The first-order valence-electron chi connectivity index (χ1n) is 8.93. The van der Waals surface area contributed by atoms with Gasteiger partial charge in [-0.2, -0.15) is 13.2 Å². The van der Waals surface area contributed by atoms with Crippen molar-refractivity contribution in [3.8, 4) is 0 Å². The maximum absolute atomic E-state index is 13.4. The first-order valence-corrected chi connectivity index (χ1v) is 10.1. The molecule has 2 atom stereocenters. The molecule has 2 aromatic rings. The zero-order valence-electron chi connectivity index (χ0n) is 15.2. The molecule has 2 aliphatic rings.